The molecule has 0 bridgehead atoms. The van der Waals surface area contributed by atoms with Gasteiger partial charge in [0, 0.05) is 20.1 Å². The van der Waals surface area contributed by atoms with Crippen LogP contribution >= 0.6 is 11.6 Å². The Morgan fingerprint density at radius 3 is 3.00 bits per heavy atom. The largest absolute Gasteiger partial charge is 0.373 e. The lowest BCUT2D eigenvalue weighted by Gasteiger charge is -2.26. The Kier molecular flexibility index (Phi) is 3.66. The zero-order valence-corrected chi connectivity index (χ0v) is 10.6. The highest BCUT2D eigenvalue weighted by molar-refractivity contribution is 6.33. The van der Waals surface area contributed by atoms with Gasteiger partial charge in [-0.05, 0) is 12.1 Å². The van der Waals surface area contributed by atoms with Crippen LogP contribution in [0.5, 0.6) is 0 Å². The summed E-state index contributed by atoms with van der Waals surface area (Å²) in [5, 5.41) is 5.78. The molecule has 1 aromatic rings. The monoisotopic (exact) mass is 268 g/mol. The van der Waals surface area contributed by atoms with Gasteiger partial charge in [0.2, 0.25) is 5.91 Å². The molecular weight excluding hydrogens is 256 g/mol. The molecule has 0 unspecified atom stereocenters. The third-order valence-corrected chi connectivity index (χ3v) is 2.94. The minimum atomic E-state index is -0.327. The van der Waals surface area contributed by atoms with Gasteiger partial charge in [0.05, 0.1) is 11.6 Å². The Balaban J connectivity index is 2.24. The van der Waals surface area contributed by atoms with E-state index in [0.29, 0.717) is 18.9 Å². The second-order valence-corrected chi connectivity index (χ2v) is 4.26. The summed E-state index contributed by atoms with van der Waals surface area (Å²) in [6.45, 7) is 0.959. The summed E-state index contributed by atoms with van der Waals surface area (Å²) in [4.78, 5) is 29.0. The Labute approximate surface area is 109 Å². The van der Waals surface area contributed by atoms with Gasteiger partial charge in [-0.2, -0.15) is 0 Å². The lowest BCUT2D eigenvalue weighted by Crippen LogP contribution is -2.50. The highest BCUT2D eigenvalue weighted by Crippen LogP contribution is 2.18. The van der Waals surface area contributed by atoms with E-state index in [0.717, 1.165) is 0 Å². The Morgan fingerprint density at radius 1 is 1.56 bits per heavy atom. The molecule has 1 aliphatic heterocycles. The number of anilines is 1. The van der Waals surface area contributed by atoms with Crippen LogP contribution in [0.4, 0.5) is 5.82 Å². The van der Waals surface area contributed by atoms with Crippen LogP contribution in [0.15, 0.2) is 12.1 Å². The number of carbonyl (C=O) groups excluding carboxylic acids is 2. The standard InChI is InChI=1S/C11H13ClN4O2/c1-13-8-3-2-7(12)10(15-8)11(18)16-5-4-14-9(17)6-16/h2-3H,4-6H2,1H3,(H,13,15)(H,14,17). The van der Waals surface area contributed by atoms with E-state index >= 15 is 0 Å². The van der Waals surface area contributed by atoms with Crippen molar-refractivity contribution in [3.05, 3.63) is 22.8 Å². The first-order valence-electron chi connectivity index (χ1n) is 5.52. The molecule has 2 rings (SSSR count). The maximum absolute atomic E-state index is 12.2. The molecule has 0 saturated carbocycles. The number of rotatable bonds is 2. The van der Waals surface area contributed by atoms with E-state index in [-0.39, 0.29) is 29.1 Å². The maximum Gasteiger partial charge on any atom is 0.274 e. The van der Waals surface area contributed by atoms with Crippen molar-refractivity contribution >= 4 is 29.2 Å². The molecule has 1 fully saturated rings. The third kappa shape index (κ3) is 2.53. The summed E-state index contributed by atoms with van der Waals surface area (Å²) >= 11 is 5.97. The van der Waals surface area contributed by atoms with Crippen molar-refractivity contribution < 1.29 is 9.59 Å². The average molecular weight is 269 g/mol. The fraction of sp³-hybridized carbons (Fsp3) is 0.364. The average Bonchev–Trinajstić information content (AvgIpc) is 2.38. The first kappa shape index (κ1) is 12.6. The third-order valence-electron chi connectivity index (χ3n) is 2.63. The van der Waals surface area contributed by atoms with Crippen LogP contribution < -0.4 is 10.6 Å². The first-order valence-corrected chi connectivity index (χ1v) is 5.90. The summed E-state index contributed by atoms with van der Waals surface area (Å²) in [6, 6.07) is 3.29. The minimum Gasteiger partial charge on any atom is -0.373 e. The molecule has 1 aromatic heterocycles. The van der Waals surface area contributed by atoms with Crippen LogP contribution in [-0.4, -0.2) is 48.4 Å². The molecule has 2 heterocycles. The molecule has 0 spiro atoms. The van der Waals surface area contributed by atoms with Crippen LogP contribution in [0.25, 0.3) is 0 Å². The van der Waals surface area contributed by atoms with E-state index in [1.807, 2.05) is 0 Å². The second kappa shape index (κ2) is 5.22. The number of halogens is 1. The number of hydrogen-bond acceptors (Lipinski definition) is 4. The zero-order chi connectivity index (χ0) is 13.1. The van der Waals surface area contributed by atoms with E-state index in [1.54, 1.807) is 19.2 Å². The van der Waals surface area contributed by atoms with Gasteiger partial charge in [0.1, 0.15) is 11.5 Å². The molecule has 18 heavy (non-hydrogen) atoms. The second-order valence-electron chi connectivity index (χ2n) is 3.85. The summed E-state index contributed by atoms with van der Waals surface area (Å²) in [6.07, 6.45) is 0. The van der Waals surface area contributed by atoms with Gasteiger partial charge in [0.25, 0.3) is 5.91 Å². The number of amides is 2. The number of carbonyl (C=O) groups is 2. The fourth-order valence-electron chi connectivity index (χ4n) is 1.69. The first-order chi connectivity index (χ1) is 8.61. The molecule has 96 valence electrons. The van der Waals surface area contributed by atoms with Gasteiger partial charge in [-0.3, -0.25) is 9.59 Å². The smallest absolute Gasteiger partial charge is 0.274 e. The van der Waals surface area contributed by atoms with E-state index in [1.165, 1.54) is 4.90 Å². The number of piperazine rings is 1. The lowest BCUT2D eigenvalue weighted by molar-refractivity contribution is -0.123. The Hall–Kier alpha value is -1.82. The van der Waals surface area contributed by atoms with Crippen LogP contribution in [-0.2, 0) is 4.79 Å². The predicted molar refractivity (Wildman–Crippen MR) is 67.7 cm³/mol. The highest BCUT2D eigenvalue weighted by Gasteiger charge is 2.25. The van der Waals surface area contributed by atoms with Crippen molar-refractivity contribution in [1.29, 1.82) is 0 Å². The van der Waals surface area contributed by atoms with E-state index in [9.17, 15) is 9.59 Å². The highest BCUT2D eigenvalue weighted by atomic mass is 35.5. The summed E-state index contributed by atoms with van der Waals surface area (Å²) < 4.78 is 0. The lowest BCUT2D eigenvalue weighted by atomic mass is 10.2. The van der Waals surface area contributed by atoms with Gasteiger partial charge in [-0.25, -0.2) is 4.98 Å². The van der Waals surface area contributed by atoms with Gasteiger partial charge in [-0.1, -0.05) is 11.6 Å². The van der Waals surface area contributed by atoms with Crippen LogP contribution in [0.2, 0.25) is 5.02 Å². The summed E-state index contributed by atoms with van der Waals surface area (Å²) in [5.41, 5.74) is 0.165. The molecule has 6 nitrogen and oxygen atoms in total. The topological polar surface area (TPSA) is 74.3 Å². The molecule has 1 aliphatic rings. The van der Waals surface area contributed by atoms with Crippen LogP contribution in [0.3, 0.4) is 0 Å². The molecule has 2 amide bonds. The van der Waals surface area contributed by atoms with E-state index in [4.69, 9.17) is 11.6 Å². The van der Waals surface area contributed by atoms with Gasteiger partial charge < -0.3 is 15.5 Å². The predicted octanol–water partition coefficient (Wildman–Crippen LogP) is 0.349. The molecule has 7 heteroatoms. The summed E-state index contributed by atoms with van der Waals surface area (Å²) in [7, 11) is 1.71. The van der Waals surface area contributed by atoms with E-state index < -0.39 is 0 Å². The molecule has 0 aliphatic carbocycles. The maximum atomic E-state index is 12.2. The molecule has 2 N–H and O–H groups in total. The zero-order valence-electron chi connectivity index (χ0n) is 9.86. The van der Waals surface area contributed by atoms with Crippen molar-refractivity contribution in [3.8, 4) is 0 Å². The van der Waals surface area contributed by atoms with Crippen LogP contribution in [0.1, 0.15) is 10.5 Å². The SMILES string of the molecule is CNc1ccc(Cl)c(C(=O)N2CCNC(=O)C2)n1. The quantitative estimate of drug-likeness (QED) is 0.812. The summed E-state index contributed by atoms with van der Waals surface area (Å²) in [5.74, 6) is 0.0617. The number of pyridine rings is 1. The molecular formula is C11H13ClN4O2. The van der Waals surface area contributed by atoms with Crippen molar-refractivity contribution in [2.24, 2.45) is 0 Å². The van der Waals surface area contributed by atoms with Crippen molar-refractivity contribution in [3.63, 3.8) is 0 Å². The minimum absolute atomic E-state index is 0.0423. The van der Waals surface area contributed by atoms with Crippen molar-refractivity contribution in [1.82, 2.24) is 15.2 Å². The number of hydrogen-bond donors (Lipinski definition) is 2. The number of aromatic nitrogens is 1. The fourth-order valence-corrected chi connectivity index (χ4v) is 1.88. The molecule has 0 aromatic carbocycles. The molecule has 1 saturated heterocycles. The molecule has 0 atom stereocenters. The van der Waals surface area contributed by atoms with Crippen LogP contribution in [0, 0.1) is 0 Å². The van der Waals surface area contributed by atoms with Gasteiger partial charge in [0.15, 0.2) is 0 Å². The number of nitrogens with zero attached hydrogens (tertiary/aromatic N) is 2. The van der Waals surface area contributed by atoms with Crippen molar-refractivity contribution in [2.75, 3.05) is 32.0 Å². The molecule has 0 radical (unpaired) electrons. The Morgan fingerprint density at radius 2 is 2.33 bits per heavy atom. The van der Waals surface area contributed by atoms with Gasteiger partial charge in [-0.15, -0.1) is 0 Å². The van der Waals surface area contributed by atoms with Gasteiger partial charge >= 0.3 is 0 Å². The van der Waals surface area contributed by atoms with E-state index in [2.05, 4.69) is 15.6 Å². The Bertz CT molecular complexity index is 492. The normalized spacial score (nSPS) is 15.2. The number of nitrogens with one attached hydrogen (secondary N) is 2. The van der Waals surface area contributed by atoms with Crippen molar-refractivity contribution in [2.45, 2.75) is 0 Å².